The predicted octanol–water partition coefficient (Wildman–Crippen LogP) is 1.16. The molecule has 0 aliphatic carbocycles. The first-order chi connectivity index (χ1) is 8.09. The lowest BCUT2D eigenvalue weighted by Gasteiger charge is -2.30. The van der Waals surface area contributed by atoms with Crippen LogP contribution in [0.3, 0.4) is 0 Å². The van der Waals surface area contributed by atoms with Crippen LogP contribution in [-0.2, 0) is 19.8 Å². The van der Waals surface area contributed by atoms with E-state index < -0.39 is 16.1 Å². The smallest absolute Gasteiger partial charge is 0.286 e. The van der Waals surface area contributed by atoms with Gasteiger partial charge in [-0.1, -0.05) is 13.5 Å². The molecule has 106 valence electrons. The van der Waals surface area contributed by atoms with E-state index in [4.69, 9.17) is 9.39 Å². The fourth-order valence-electron chi connectivity index (χ4n) is 1.54. The molecule has 0 saturated heterocycles. The van der Waals surface area contributed by atoms with Crippen LogP contribution >= 0.6 is 0 Å². The van der Waals surface area contributed by atoms with Gasteiger partial charge in [-0.25, -0.2) is 4.79 Å². The molecule has 0 aliphatic heterocycles. The summed E-state index contributed by atoms with van der Waals surface area (Å²) in [7, 11) is -2.27. The highest BCUT2D eigenvalue weighted by molar-refractivity contribution is 7.85. The molecule has 0 spiro atoms. The van der Waals surface area contributed by atoms with Gasteiger partial charge in [0.1, 0.15) is 20.1 Å². The predicted molar refractivity (Wildman–Crippen MR) is 68.1 cm³/mol. The third-order valence-corrected chi connectivity index (χ3v) is 3.19. The van der Waals surface area contributed by atoms with Crippen LogP contribution in [0.5, 0.6) is 0 Å². The lowest BCUT2D eigenvalue weighted by atomic mass is 10.3. The first-order valence-corrected chi connectivity index (χ1v) is 7.39. The second-order valence-corrected chi connectivity index (χ2v) is 6.11. The van der Waals surface area contributed by atoms with Crippen molar-refractivity contribution in [2.75, 3.05) is 25.9 Å². The molecule has 0 amide bonds. The van der Waals surface area contributed by atoms with E-state index >= 15 is 0 Å². The highest BCUT2D eigenvalue weighted by Gasteiger charge is 2.27. The number of carbonyl (C=O) groups excluding carboxylic acids is 1. The van der Waals surface area contributed by atoms with Gasteiger partial charge in [0.05, 0.1) is 5.75 Å². The number of hydroxylamine groups is 3. The number of quaternary nitrogens is 1. The van der Waals surface area contributed by atoms with E-state index in [1.807, 2.05) is 6.92 Å². The molecule has 6 nitrogen and oxygen atoms in total. The van der Waals surface area contributed by atoms with E-state index in [-0.39, 0.29) is 16.8 Å². The minimum atomic E-state index is -3.97. The zero-order chi connectivity index (χ0) is 14.4. The first kappa shape index (κ1) is 17.1. The summed E-state index contributed by atoms with van der Waals surface area (Å²) in [5.41, 5.74) is 0.297. The lowest BCUT2D eigenvalue weighted by molar-refractivity contribution is -1.07. The first-order valence-electron chi connectivity index (χ1n) is 5.79. The summed E-state index contributed by atoms with van der Waals surface area (Å²) >= 11 is 0. The Kier molecular flexibility index (Phi) is 6.51. The van der Waals surface area contributed by atoms with Crippen LogP contribution in [0.25, 0.3) is 0 Å². The summed E-state index contributed by atoms with van der Waals surface area (Å²) in [5, 5.41) is 0. The summed E-state index contributed by atoms with van der Waals surface area (Å²) in [6.07, 6.45) is 1.00. The van der Waals surface area contributed by atoms with Crippen LogP contribution in [0.4, 0.5) is 0 Å². The highest BCUT2D eigenvalue weighted by atomic mass is 32.2. The molecule has 1 unspecified atom stereocenters. The van der Waals surface area contributed by atoms with Gasteiger partial charge in [-0.3, -0.25) is 9.39 Å². The maximum absolute atomic E-state index is 11.5. The molecule has 18 heavy (non-hydrogen) atoms. The molecule has 1 N–H and O–H groups in total. The van der Waals surface area contributed by atoms with E-state index in [9.17, 15) is 13.2 Å². The highest BCUT2D eigenvalue weighted by Crippen LogP contribution is 2.10. The quantitative estimate of drug-likeness (QED) is 0.312. The maximum atomic E-state index is 11.5. The van der Waals surface area contributed by atoms with Crippen molar-refractivity contribution >= 4 is 16.1 Å². The summed E-state index contributed by atoms with van der Waals surface area (Å²) in [4.78, 5) is 16.8. The zero-order valence-corrected chi connectivity index (χ0v) is 12.0. The van der Waals surface area contributed by atoms with Crippen LogP contribution in [0.1, 0.15) is 26.7 Å². The van der Waals surface area contributed by atoms with Crippen molar-refractivity contribution in [2.24, 2.45) is 0 Å². The van der Waals surface area contributed by atoms with Gasteiger partial charge < -0.3 is 0 Å². The monoisotopic (exact) mass is 280 g/mol. The van der Waals surface area contributed by atoms with Crippen molar-refractivity contribution < 1.29 is 27.2 Å². The number of rotatable bonds is 8. The Hall–Kier alpha value is -0.920. The SMILES string of the molecule is C=C(C)C(=O)O[N+](C)(CCC)CCCS(=O)(=O)O. The minimum Gasteiger partial charge on any atom is -0.286 e. The van der Waals surface area contributed by atoms with Gasteiger partial charge in [0, 0.05) is 12.0 Å². The van der Waals surface area contributed by atoms with E-state index in [1.54, 1.807) is 14.0 Å². The molecule has 0 bridgehead atoms. The number of nitrogens with zero attached hydrogens (tertiary/aromatic N) is 1. The average Bonchev–Trinajstić information content (AvgIpc) is 2.15. The number of hydrogen-bond donors (Lipinski definition) is 1. The Morgan fingerprint density at radius 2 is 1.94 bits per heavy atom. The summed E-state index contributed by atoms with van der Waals surface area (Å²) in [6, 6.07) is 0. The molecule has 0 saturated carbocycles. The van der Waals surface area contributed by atoms with Gasteiger partial charge >= 0.3 is 5.97 Å². The zero-order valence-electron chi connectivity index (χ0n) is 11.2. The Balaban J connectivity index is 4.52. The van der Waals surface area contributed by atoms with Crippen LogP contribution in [0, 0.1) is 0 Å². The Labute approximate surface area is 109 Å². The largest absolute Gasteiger partial charge is 0.392 e. The number of hydrogen-bond acceptors (Lipinski definition) is 4. The van der Waals surface area contributed by atoms with Crippen LogP contribution < -0.4 is 0 Å². The molecule has 0 rings (SSSR count). The third-order valence-electron chi connectivity index (χ3n) is 2.38. The average molecular weight is 280 g/mol. The second-order valence-electron chi connectivity index (χ2n) is 4.54. The van der Waals surface area contributed by atoms with Crippen molar-refractivity contribution in [3.8, 4) is 0 Å². The third kappa shape index (κ3) is 7.41. The van der Waals surface area contributed by atoms with Gasteiger partial charge in [-0.05, 0) is 13.3 Å². The van der Waals surface area contributed by atoms with E-state index in [0.29, 0.717) is 18.7 Å². The second kappa shape index (κ2) is 6.86. The molecule has 0 fully saturated rings. The Morgan fingerprint density at radius 3 is 2.33 bits per heavy atom. The van der Waals surface area contributed by atoms with Crippen molar-refractivity contribution in [1.82, 2.24) is 0 Å². The molecule has 0 aromatic heterocycles. The van der Waals surface area contributed by atoms with Crippen LogP contribution in [0.15, 0.2) is 12.2 Å². The van der Waals surface area contributed by atoms with Gasteiger partial charge in [-0.15, -0.1) is 4.65 Å². The van der Waals surface area contributed by atoms with Gasteiger partial charge in [0.15, 0.2) is 0 Å². The van der Waals surface area contributed by atoms with E-state index in [2.05, 4.69) is 6.58 Å². The Morgan fingerprint density at radius 1 is 1.39 bits per heavy atom. The summed E-state index contributed by atoms with van der Waals surface area (Å²) < 4.78 is 29.9. The molecule has 1 atom stereocenters. The molecule has 0 radical (unpaired) electrons. The van der Waals surface area contributed by atoms with Crippen molar-refractivity contribution in [2.45, 2.75) is 26.7 Å². The van der Waals surface area contributed by atoms with Gasteiger partial charge in [0.2, 0.25) is 0 Å². The van der Waals surface area contributed by atoms with Gasteiger partial charge in [0.25, 0.3) is 10.1 Å². The van der Waals surface area contributed by atoms with Crippen molar-refractivity contribution in [3.63, 3.8) is 0 Å². The van der Waals surface area contributed by atoms with Crippen LogP contribution in [0.2, 0.25) is 0 Å². The summed E-state index contributed by atoms with van der Waals surface area (Å²) in [5.74, 6) is -0.840. The van der Waals surface area contributed by atoms with Crippen molar-refractivity contribution in [3.05, 3.63) is 12.2 Å². The van der Waals surface area contributed by atoms with E-state index in [0.717, 1.165) is 6.42 Å². The molecular formula is C11H22NO5S+. The summed E-state index contributed by atoms with van der Waals surface area (Å²) in [6.45, 7) is 7.89. The minimum absolute atomic E-state index is 0.0162. The lowest BCUT2D eigenvalue weighted by Crippen LogP contribution is -2.47. The van der Waals surface area contributed by atoms with Gasteiger partial charge in [-0.2, -0.15) is 8.42 Å². The molecule has 0 aliphatic rings. The fraction of sp³-hybridized carbons (Fsp3) is 0.727. The molecular weight excluding hydrogens is 258 g/mol. The standard InChI is InChI=1S/C11H21NO5S/c1-5-7-12(4,17-11(13)10(2)3)8-6-9-18(14,15)16/h2,5-9H2,1,3-4H3/p+1. The van der Waals surface area contributed by atoms with Crippen LogP contribution in [-0.4, -0.2) is 49.5 Å². The van der Waals surface area contributed by atoms with Crippen molar-refractivity contribution in [1.29, 1.82) is 0 Å². The Bertz CT molecular complexity index is 404. The fourth-order valence-corrected chi connectivity index (χ4v) is 2.03. The normalized spacial score (nSPS) is 14.9. The topological polar surface area (TPSA) is 80.7 Å². The molecule has 0 heterocycles. The number of carbonyl (C=O) groups is 1. The molecule has 7 heteroatoms. The van der Waals surface area contributed by atoms with E-state index in [1.165, 1.54) is 0 Å². The maximum Gasteiger partial charge on any atom is 0.392 e. The molecule has 0 aromatic carbocycles. The molecule has 0 aromatic rings.